The molecule has 0 heterocycles. The molecule has 1 rings (SSSR count). The highest BCUT2D eigenvalue weighted by molar-refractivity contribution is 5.95. The predicted octanol–water partition coefficient (Wildman–Crippen LogP) is 0.314. The van der Waals surface area contributed by atoms with Gasteiger partial charge < -0.3 is 16.0 Å². The molecule has 0 radical (unpaired) electrons. The molecular formula is C14H21N3O2. The quantitative estimate of drug-likeness (QED) is 0.620. The molecule has 0 saturated heterocycles. The van der Waals surface area contributed by atoms with Crippen molar-refractivity contribution in [1.82, 2.24) is 16.0 Å². The Balaban J connectivity index is 2.53. The van der Waals surface area contributed by atoms with Gasteiger partial charge in [0.1, 0.15) is 0 Å². The first-order valence-corrected chi connectivity index (χ1v) is 6.40. The smallest absolute Gasteiger partial charge is 0.251 e. The van der Waals surface area contributed by atoms with Crippen molar-refractivity contribution in [1.29, 1.82) is 0 Å². The highest BCUT2D eigenvalue weighted by Crippen LogP contribution is 2.08. The average molecular weight is 263 g/mol. The number of rotatable bonds is 7. The molecule has 2 amide bonds. The number of nitrogens with one attached hydrogen (secondary N) is 3. The molecule has 0 unspecified atom stereocenters. The van der Waals surface area contributed by atoms with E-state index in [0.29, 0.717) is 18.7 Å². The molecule has 0 aromatic heterocycles. The molecule has 0 aliphatic rings. The summed E-state index contributed by atoms with van der Waals surface area (Å²) in [5.41, 5.74) is 1.72. The molecule has 19 heavy (non-hydrogen) atoms. The van der Waals surface area contributed by atoms with Crippen molar-refractivity contribution < 1.29 is 9.59 Å². The van der Waals surface area contributed by atoms with Gasteiger partial charge in [-0.1, -0.05) is 18.2 Å². The van der Waals surface area contributed by atoms with Gasteiger partial charge in [0.05, 0.1) is 0 Å². The number of hydrogen-bond donors (Lipinski definition) is 3. The Labute approximate surface area is 113 Å². The topological polar surface area (TPSA) is 70.2 Å². The summed E-state index contributed by atoms with van der Waals surface area (Å²) in [6.45, 7) is 3.16. The zero-order valence-electron chi connectivity index (χ0n) is 11.5. The molecule has 5 heteroatoms. The second-order valence-corrected chi connectivity index (χ2v) is 4.25. The Bertz CT molecular complexity index is 432. The Hall–Kier alpha value is -1.88. The number of benzene rings is 1. The maximum atomic E-state index is 12.0. The molecule has 0 saturated carbocycles. The maximum absolute atomic E-state index is 12.0. The van der Waals surface area contributed by atoms with Gasteiger partial charge >= 0.3 is 0 Å². The van der Waals surface area contributed by atoms with E-state index in [0.717, 1.165) is 18.5 Å². The van der Waals surface area contributed by atoms with Crippen LogP contribution >= 0.6 is 0 Å². The van der Waals surface area contributed by atoms with E-state index in [-0.39, 0.29) is 11.8 Å². The van der Waals surface area contributed by atoms with Crippen LogP contribution in [0.25, 0.3) is 0 Å². The zero-order valence-corrected chi connectivity index (χ0v) is 11.5. The van der Waals surface area contributed by atoms with E-state index in [1.54, 1.807) is 0 Å². The number of amides is 2. The van der Waals surface area contributed by atoms with Gasteiger partial charge in [-0.2, -0.15) is 0 Å². The number of carbonyl (C=O) groups is 2. The van der Waals surface area contributed by atoms with Crippen molar-refractivity contribution in [2.45, 2.75) is 13.3 Å². The summed E-state index contributed by atoms with van der Waals surface area (Å²) in [5.74, 6) is -0.194. The predicted molar refractivity (Wildman–Crippen MR) is 75.1 cm³/mol. The van der Waals surface area contributed by atoms with Crippen molar-refractivity contribution in [3.05, 3.63) is 35.4 Å². The van der Waals surface area contributed by atoms with Gasteiger partial charge in [0, 0.05) is 25.6 Å². The molecule has 0 aliphatic carbocycles. The van der Waals surface area contributed by atoms with Crippen molar-refractivity contribution >= 4 is 11.8 Å². The van der Waals surface area contributed by atoms with Gasteiger partial charge in [-0.25, -0.2) is 0 Å². The Morgan fingerprint density at radius 3 is 2.42 bits per heavy atom. The third-order valence-electron chi connectivity index (χ3n) is 2.69. The van der Waals surface area contributed by atoms with Gasteiger partial charge in [-0.15, -0.1) is 0 Å². The van der Waals surface area contributed by atoms with Crippen molar-refractivity contribution in [3.8, 4) is 0 Å². The number of carbonyl (C=O) groups excluding carboxylic acids is 2. The van der Waals surface area contributed by atoms with E-state index in [1.165, 1.54) is 6.92 Å². The van der Waals surface area contributed by atoms with Crippen LogP contribution in [0.5, 0.6) is 0 Å². The molecule has 0 aliphatic heterocycles. The molecule has 1 aromatic carbocycles. The van der Waals surface area contributed by atoms with Gasteiger partial charge in [0.25, 0.3) is 5.91 Å². The molecule has 0 spiro atoms. The summed E-state index contributed by atoms with van der Waals surface area (Å²) in [6, 6.07) is 7.56. The molecule has 1 aromatic rings. The SMILES string of the molecule is CNCCc1ccccc1C(=O)NCCNC(C)=O. The second kappa shape index (κ2) is 8.26. The van der Waals surface area contributed by atoms with Gasteiger partial charge in [-0.05, 0) is 31.6 Å². The first-order valence-electron chi connectivity index (χ1n) is 6.40. The lowest BCUT2D eigenvalue weighted by Crippen LogP contribution is -2.34. The van der Waals surface area contributed by atoms with Crippen LogP contribution in [-0.4, -0.2) is 38.5 Å². The van der Waals surface area contributed by atoms with E-state index >= 15 is 0 Å². The third kappa shape index (κ3) is 5.52. The maximum Gasteiger partial charge on any atom is 0.251 e. The summed E-state index contributed by atoms with van der Waals surface area (Å²) in [7, 11) is 1.89. The minimum atomic E-state index is -0.0999. The van der Waals surface area contributed by atoms with Crippen LogP contribution in [0.3, 0.4) is 0 Å². The van der Waals surface area contributed by atoms with Gasteiger partial charge in [-0.3, -0.25) is 9.59 Å². The lowest BCUT2D eigenvalue weighted by Gasteiger charge is -2.10. The molecule has 5 nitrogen and oxygen atoms in total. The fourth-order valence-electron chi connectivity index (χ4n) is 1.73. The Morgan fingerprint density at radius 2 is 1.74 bits per heavy atom. The lowest BCUT2D eigenvalue weighted by molar-refractivity contribution is -0.118. The monoisotopic (exact) mass is 263 g/mol. The van der Waals surface area contributed by atoms with Crippen LogP contribution in [0.15, 0.2) is 24.3 Å². The minimum absolute atomic E-state index is 0.0938. The minimum Gasteiger partial charge on any atom is -0.355 e. The molecule has 3 N–H and O–H groups in total. The summed E-state index contributed by atoms with van der Waals surface area (Å²) < 4.78 is 0. The Kier molecular flexibility index (Phi) is 6.60. The van der Waals surface area contributed by atoms with E-state index in [9.17, 15) is 9.59 Å². The fraction of sp³-hybridized carbons (Fsp3) is 0.429. The van der Waals surface area contributed by atoms with Crippen molar-refractivity contribution in [3.63, 3.8) is 0 Å². The molecular weight excluding hydrogens is 242 g/mol. The first kappa shape index (κ1) is 15.2. The van der Waals surface area contributed by atoms with E-state index in [1.807, 2.05) is 31.3 Å². The van der Waals surface area contributed by atoms with Gasteiger partial charge in [0.2, 0.25) is 5.91 Å². The van der Waals surface area contributed by atoms with E-state index < -0.39 is 0 Å². The summed E-state index contributed by atoms with van der Waals surface area (Å²) in [6.07, 6.45) is 0.811. The number of hydrogen-bond acceptors (Lipinski definition) is 3. The molecule has 0 atom stereocenters. The summed E-state index contributed by atoms with van der Waals surface area (Å²) >= 11 is 0. The van der Waals surface area contributed by atoms with E-state index in [2.05, 4.69) is 16.0 Å². The van der Waals surface area contributed by atoms with Crippen LogP contribution in [0.4, 0.5) is 0 Å². The lowest BCUT2D eigenvalue weighted by atomic mass is 10.0. The second-order valence-electron chi connectivity index (χ2n) is 4.25. The molecule has 104 valence electrons. The average Bonchev–Trinajstić information content (AvgIpc) is 2.41. The van der Waals surface area contributed by atoms with Crippen LogP contribution in [0.2, 0.25) is 0 Å². The first-order chi connectivity index (χ1) is 9.15. The largest absolute Gasteiger partial charge is 0.355 e. The highest BCUT2D eigenvalue weighted by Gasteiger charge is 2.09. The normalized spacial score (nSPS) is 10.0. The van der Waals surface area contributed by atoms with Crippen LogP contribution in [-0.2, 0) is 11.2 Å². The standard InChI is InChI=1S/C14H21N3O2/c1-11(18)16-9-10-17-14(19)13-6-4-3-5-12(13)7-8-15-2/h3-6,15H,7-10H2,1-2H3,(H,16,18)(H,17,19). The third-order valence-corrected chi connectivity index (χ3v) is 2.69. The summed E-state index contributed by atoms with van der Waals surface area (Å²) in [5, 5.41) is 8.50. The fourth-order valence-corrected chi connectivity index (χ4v) is 1.73. The summed E-state index contributed by atoms with van der Waals surface area (Å²) in [4.78, 5) is 22.7. The van der Waals surface area contributed by atoms with Crippen LogP contribution < -0.4 is 16.0 Å². The zero-order chi connectivity index (χ0) is 14.1. The Morgan fingerprint density at radius 1 is 1.05 bits per heavy atom. The van der Waals surface area contributed by atoms with Crippen LogP contribution in [0, 0.1) is 0 Å². The molecule has 0 fully saturated rings. The van der Waals surface area contributed by atoms with E-state index in [4.69, 9.17) is 0 Å². The van der Waals surface area contributed by atoms with Gasteiger partial charge in [0.15, 0.2) is 0 Å². The van der Waals surface area contributed by atoms with Crippen LogP contribution in [0.1, 0.15) is 22.8 Å². The number of likely N-dealkylation sites (N-methyl/N-ethyl adjacent to an activating group) is 1. The highest BCUT2D eigenvalue weighted by atomic mass is 16.2. The molecule has 0 bridgehead atoms. The van der Waals surface area contributed by atoms with Crippen molar-refractivity contribution in [2.24, 2.45) is 0 Å². The van der Waals surface area contributed by atoms with Crippen molar-refractivity contribution in [2.75, 3.05) is 26.7 Å².